The molecule has 0 spiro atoms. The van der Waals surface area contributed by atoms with Crippen LogP contribution >= 0.6 is 15.9 Å². The number of benzene rings is 1. The van der Waals surface area contributed by atoms with Crippen molar-refractivity contribution in [2.45, 2.75) is 22.2 Å². The summed E-state index contributed by atoms with van der Waals surface area (Å²) >= 11 is 2.89. The normalized spacial score (nSPS) is 20.1. The monoisotopic (exact) mass is 449 g/mol. The molecular formula is C12H11BrF3NO5S2. The maximum atomic E-state index is 12.5. The van der Waals surface area contributed by atoms with Gasteiger partial charge in [0.2, 0.25) is 0 Å². The van der Waals surface area contributed by atoms with Gasteiger partial charge in [-0.2, -0.15) is 21.6 Å². The fourth-order valence-electron chi connectivity index (χ4n) is 1.91. The number of sulfone groups is 1. The molecule has 0 aliphatic carbocycles. The standard InChI is InChI=1S/C12H11BrF3NO5S2/c13-9-7-17-11(23(18,19)8-4-2-1-3-5-8)6-10(9)22-24(20,21)12(14,15)16/h1-5,11,17H,6-7H2/t11-/m0/s1. The van der Waals surface area contributed by atoms with E-state index in [1.165, 1.54) is 24.3 Å². The predicted octanol–water partition coefficient (Wildman–Crippen LogP) is 2.25. The van der Waals surface area contributed by atoms with Crippen LogP contribution in [0.15, 0.2) is 45.5 Å². The largest absolute Gasteiger partial charge is 0.534 e. The smallest absolute Gasteiger partial charge is 0.380 e. The van der Waals surface area contributed by atoms with Gasteiger partial charge < -0.3 is 4.18 Å². The lowest BCUT2D eigenvalue weighted by Gasteiger charge is -2.26. The van der Waals surface area contributed by atoms with Crippen LogP contribution in [0.1, 0.15) is 6.42 Å². The zero-order valence-corrected chi connectivity index (χ0v) is 15.0. The van der Waals surface area contributed by atoms with Crippen molar-refractivity contribution in [2.24, 2.45) is 0 Å². The van der Waals surface area contributed by atoms with Crippen LogP contribution in [0.25, 0.3) is 0 Å². The van der Waals surface area contributed by atoms with Crippen molar-refractivity contribution in [3.05, 3.63) is 40.6 Å². The Morgan fingerprint density at radius 3 is 2.25 bits per heavy atom. The molecule has 0 radical (unpaired) electrons. The number of nitrogens with one attached hydrogen (secondary N) is 1. The van der Waals surface area contributed by atoms with Gasteiger partial charge in [0.05, 0.1) is 4.90 Å². The Morgan fingerprint density at radius 2 is 1.71 bits per heavy atom. The third-order valence-electron chi connectivity index (χ3n) is 3.10. The molecule has 0 saturated carbocycles. The number of rotatable bonds is 4. The topological polar surface area (TPSA) is 89.5 Å². The predicted molar refractivity (Wildman–Crippen MR) is 82.0 cm³/mol. The molecule has 1 aromatic carbocycles. The Kier molecular flexibility index (Phi) is 5.33. The lowest BCUT2D eigenvalue weighted by atomic mass is 10.2. The van der Waals surface area contributed by atoms with Gasteiger partial charge in [-0.15, -0.1) is 0 Å². The Morgan fingerprint density at radius 1 is 1.12 bits per heavy atom. The molecule has 1 N–H and O–H groups in total. The van der Waals surface area contributed by atoms with E-state index in [-0.39, 0.29) is 15.9 Å². The first-order chi connectivity index (χ1) is 10.9. The molecule has 12 heteroatoms. The Balaban J connectivity index is 2.29. The zero-order valence-electron chi connectivity index (χ0n) is 11.7. The first-order valence-electron chi connectivity index (χ1n) is 6.36. The molecule has 1 aliphatic heterocycles. The van der Waals surface area contributed by atoms with E-state index < -0.39 is 43.0 Å². The zero-order chi connectivity index (χ0) is 18.2. The van der Waals surface area contributed by atoms with Gasteiger partial charge in [0.15, 0.2) is 9.84 Å². The van der Waals surface area contributed by atoms with Crippen molar-refractivity contribution in [3.8, 4) is 0 Å². The van der Waals surface area contributed by atoms with Crippen LogP contribution in [-0.2, 0) is 24.1 Å². The van der Waals surface area contributed by atoms with Crippen molar-refractivity contribution >= 4 is 35.9 Å². The summed E-state index contributed by atoms with van der Waals surface area (Å²) in [6.07, 6.45) is -0.576. The van der Waals surface area contributed by atoms with Gasteiger partial charge in [-0.25, -0.2) is 8.42 Å². The fourth-order valence-corrected chi connectivity index (χ4v) is 4.48. The van der Waals surface area contributed by atoms with Gasteiger partial charge in [0, 0.05) is 17.4 Å². The SMILES string of the molecule is O=S(=O)(c1ccccc1)[C@H]1CC(OS(=O)(=O)C(F)(F)F)=C(Br)CN1. The second-order valence-corrected chi connectivity index (χ2v) is 9.37. The number of hydrogen-bond donors (Lipinski definition) is 1. The van der Waals surface area contributed by atoms with Gasteiger partial charge in [0.1, 0.15) is 11.1 Å². The number of halogens is 4. The highest BCUT2D eigenvalue weighted by molar-refractivity contribution is 9.11. The summed E-state index contributed by atoms with van der Waals surface area (Å²) in [5.74, 6) is -0.601. The van der Waals surface area contributed by atoms with Crippen LogP contribution in [-0.4, -0.2) is 34.3 Å². The summed E-state index contributed by atoms with van der Waals surface area (Å²) < 4.78 is 88.6. The summed E-state index contributed by atoms with van der Waals surface area (Å²) in [6, 6.07) is 7.25. The molecule has 1 aromatic rings. The van der Waals surface area contributed by atoms with E-state index >= 15 is 0 Å². The highest BCUT2D eigenvalue weighted by Crippen LogP contribution is 2.33. The van der Waals surface area contributed by atoms with Crippen LogP contribution < -0.4 is 5.32 Å². The quantitative estimate of drug-likeness (QED) is 0.559. The molecule has 0 amide bonds. The van der Waals surface area contributed by atoms with Gasteiger partial charge in [-0.1, -0.05) is 34.1 Å². The Hall–Kier alpha value is -1.11. The van der Waals surface area contributed by atoms with E-state index in [0.717, 1.165) is 0 Å². The number of hydrogen-bond acceptors (Lipinski definition) is 6. The summed E-state index contributed by atoms with van der Waals surface area (Å²) in [7, 11) is -9.81. The second-order valence-electron chi connectivity index (χ2n) is 4.74. The van der Waals surface area contributed by atoms with E-state index in [9.17, 15) is 30.0 Å². The van der Waals surface area contributed by atoms with E-state index in [4.69, 9.17) is 0 Å². The second kappa shape index (κ2) is 6.65. The highest BCUT2D eigenvalue weighted by atomic mass is 79.9. The van der Waals surface area contributed by atoms with Crippen LogP contribution in [0.3, 0.4) is 0 Å². The van der Waals surface area contributed by atoms with Crippen LogP contribution in [0.4, 0.5) is 13.2 Å². The van der Waals surface area contributed by atoms with Crippen LogP contribution in [0, 0.1) is 0 Å². The van der Waals surface area contributed by atoms with Gasteiger partial charge in [0.25, 0.3) is 0 Å². The third-order valence-corrected chi connectivity index (χ3v) is 6.82. The summed E-state index contributed by atoms with van der Waals surface area (Å²) in [4.78, 5) is -0.0430. The summed E-state index contributed by atoms with van der Waals surface area (Å²) in [5, 5.41) is 1.29. The third kappa shape index (κ3) is 3.92. The molecule has 2 rings (SSSR count). The van der Waals surface area contributed by atoms with E-state index in [0.29, 0.717) is 0 Å². The minimum absolute atomic E-state index is 0.00478. The van der Waals surface area contributed by atoms with Crippen molar-refractivity contribution in [2.75, 3.05) is 6.54 Å². The van der Waals surface area contributed by atoms with Crippen molar-refractivity contribution in [1.82, 2.24) is 5.32 Å². The molecule has 1 atom stereocenters. The maximum absolute atomic E-state index is 12.5. The molecule has 0 aromatic heterocycles. The summed E-state index contributed by atoms with van der Waals surface area (Å²) in [6.45, 7) is -0.195. The van der Waals surface area contributed by atoms with Crippen molar-refractivity contribution in [1.29, 1.82) is 0 Å². The molecular weight excluding hydrogens is 439 g/mol. The van der Waals surface area contributed by atoms with E-state index in [1.807, 2.05) is 0 Å². The minimum atomic E-state index is -5.87. The van der Waals surface area contributed by atoms with Gasteiger partial charge >= 0.3 is 15.6 Å². The van der Waals surface area contributed by atoms with Gasteiger partial charge in [-0.05, 0) is 12.1 Å². The first-order valence-corrected chi connectivity index (χ1v) is 10.1. The molecule has 0 fully saturated rings. The molecule has 0 bridgehead atoms. The Bertz CT molecular complexity index is 850. The van der Waals surface area contributed by atoms with E-state index in [2.05, 4.69) is 25.4 Å². The maximum Gasteiger partial charge on any atom is 0.534 e. The fraction of sp³-hybridized carbons (Fsp3) is 0.333. The molecule has 0 saturated heterocycles. The minimum Gasteiger partial charge on any atom is -0.380 e. The lowest BCUT2D eigenvalue weighted by Crippen LogP contribution is -2.42. The van der Waals surface area contributed by atoms with E-state index in [1.54, 1.807) is 6.07 Å². The molecule has 24 heavy (non-hydrogen) atoms. The molecule has 1 heterocycles. The molecule has 134 valence electrons. The first kappa shape index (κ1) is 19.2. The lowest BCUT2D eigenvalue weighted by molar-refractivity contribution is -0.0524. The highest BCUT2D eigenvalue weighted by Gasteiger charge is 2.49. The molecule has 1 aliphatic rings. The average molecular weight is 450 g/mol. The van der Waals surface area contributed by atoms with Crippen molar-refractivity contribution < 1.29 is 34.2 Å². The van der Waals surface area contributed by atoms with Gasteiger partial charge in [-0.3, -0.25) is 5.32 Å². The van der Waals surface area contributed by atoms with Crippen molar-refractivity contribution in [3.63, 3.8) is 0 Å². The number of alkyl halides is 3. The summed E-state index contributed by atoms with van der Waals surface area (Å²) in [5.41, 5.74) is -5.61. The molecule has 0 unspecified atom stereocenters. The molecule has 6 nitrogen and oxygen atoms in total. The Labute approximate surface area is 144 Å². The van der Waals surface area contributed by atoms with Crippen LogP contribution in [0.5, 0.6) is 0 Å². The van der Waals surface area contributed by atoms with Crippen LogP contribution in [0.2, 0.25) is 0 Å². The average Bonchev–Trinajstić information content (AvgIpc) is 2.49.